The van der Waals surface area contributed by atoms with Crippen LogP contribution in [-0.4, -0.2) is 28.9 Å². The molecule has 1 aliphatic heterocycles. The Morgan fingerprint density at radius 3 is 2.89 bits per heavy atom. The molecule has 0 bridgehead atoms. The van der Waals surface area contributed by atoms with E-state index >= 15 is 0 Å². The minimum Gasteiger partial charge on any atom is -0.411 e. The molecule has 1 unspecified atom stereocenters. The Kier molecular flexibility index (Phi) is 3.56. The molecule has 3 nitrogen and oxygen atoms in total. The lowest BCUT2D eigenvalue weighted by Gasteiger charge is -2.31. The number of hydrogen-bond acceptors (Lipinski definition) is 3. The Labute approximate surface area is 114 Å². The molecule has 19 heavy (non-hydrogen) atoms. The first-order valence-corrected chi connectivity index (χ1v) is 7.30. The molecule has 102 valence electrons. The molecule has 1 atom stereocenters. The van der Waals surface area contributed by atoms with E-state index in [1.54, 1.807) is 11.1 Å². The van der Waals surface area contributed by atoms with E-state index < -0.39 is 0 Å². The zero-order chi connectivity index (χ0) is 13.2. The van der Waals surface area contributed by atoms with Crippen molar-refractivity contribution in [3.8, 4) is 0 Å². The van der Waals surface area contributed by atoms with E-state index in [1.165, 1.54) is 24.8 Å². The predicted molar refractivity (Wildman–Crippen MR) is 76.7 cm³/mol. The molecule has 1 N–H and O–H groups in total. The van der Waals surface area contributed by atoms with Gasteiger partial charge in [-0.15, -0.1) is 0 Å². The smallest absolute Gasteiger partial charge is 0.0624 e. The fraction of sp³-hybridized carbons (Fsp3) is 0.562. The van der Waals surface area contributed by atoms with Gasteiger partial charge >= 0.3 is 0 Å². The molecule has 1 aliphatic carbocycles. The standard InChI is InChI=1S/C16H22N2O/c1-12-10-18(8-7-16(12)17-19)11-13-5-6-14-3-2-4-15(14)9-13/h5-6,9,12,19H,2-4,7-8,10-11H2,1H3/b17-16+. The maximum atomic E-state index is 8.91. The molecule has 0 spiro atoms. The van der Waals surface area contributed by atoms with Crippen molar-refractivity contribution in [3.05, 3.63) is 34.9 Å². The maximum absolute atomic E-state index is 8.91. The summed E-state index contributed by atoms with van der Waals surface area (Å²) >= 11 is 0. The number of rotatable bonds is 2. The summed E-state index contributed by atoms with van der Waals surface area (Å²) in [6.45, 7) is 5.16. The molecular formula is C16H22N2O. The summed E-state index contributed by atoms with van der Waals surface area (Å²) in [6, 6.07) is 6.98. The van der Waals surface area contributed by atoms with E-state index in [4.69, 9.17) is 5.21 Å². The van der Waals surface area contributed by atoms with Gasteiger partial charge in [-0.1, -0.05) is 30.3 Å². The summed E-state index contributed by atoms with van der Waals surface area (Å²) in [6.07, 6.45) is 4.71. The molecule has 0 saturated carbocycles. The van der Waals surface area contributed by atoms with Crippen LogP contribution in [0.25, 0.3) is 0 Å². The molecule has 1 saturated heterocycles. The fourth-order valence-corrected chi connectivity index (χ4v) is 3.38. The number of piperidine rings is 1. The van der Waals surface area contributed by atoms with E-state index in [9.17, 15) is 0 Å². The summed E-state index contributed by atoms with van der Waals surface area (Å²) in [5.41, 5.74) is 5.48. The number of oxime groups is 1. The van der Waals surface area contributed by atoms with Crippen LogP contribution in [0.5, 0.6) is 0 Å². The summed E-state index contributed by atoms with van der Waals surface area (Å²) in [4.78, 5) is 2.47. The van der Waals surface area contributed by atoms with E-state index in [-0.39, 0.29) is 0 Å². The van der Waals surface area contributed by atoms with Gasteiger partial charge < -0.3 is 5.21 Å². The van der Waals surface area contributed by atoms with Crippen molar-refractivity contribution in [1.82, 2.24) is 4.90 Å². The number of likely N-dealkylation sites (tertiary alicyclic amines) is 1. The summed E-state index contributed by atoms with van der Waals surface area (Å²) in [7, 11) is 0. The van der Waals surface area contributed by atoms with Gasteiger partial charge in [-0.2, -0.15) is 0 Å². The van der Waals surface area contributed by atoms with Gasteiger partial charge in [0.1, 0.15) is 0 Å². The summed E-state index contributed by atoms with van der Waals surface area (Å²) < 4.78 is 0. The Morgan fingerprint density at radius 1 is 1.26 bits per heavy atom. The third-order valence-electron chi connectivity index (χ3n) is 4.48. The minimum atomic E-state index is 0.369. The van der Waals surface area contributed by atoms with Crippen LogP contribution in [-0.2, 0) is 19.4 Å². The van der Waals surface area contributed by atoms with Crippen molar-refractivity contribution < 1.29 is 5.21 Å². The first-order chi connectivity index (χ1) is 9.26. The van der Waals surface area contributed by atoms with Crippen LogP contribution in [0.2, 0.25) is 0 Å². The zero-order valence-corrected chi connectivity index (χ0v) is 11.6. The average molecular weight is 258 g/mol. The molecule has 3 heteroatoms. The van der Waals surface area contributed by atoms with Gasteiger partial charge in [-0.25, -0.2) is 0 Å². The van der Waals surface area contributed by atoms with Crippen LogP contribution in [0, 0.1) is 5.92 Å². The van der Waals surface area contributed by atoms with E-state index in [0.717, 1.165) is 31.8 Å². The molecule has 1 aromatic rings. The van der Waals surface area contributed by atoms with Crippen molar-refractivity contribution >= 4 is 5.71 Å². The number of aryl methyl sites for hydroxylation is 2. The molecule has 0 radical (unpaired) electrons. The number of benzene rings is 1. The van der Waals surface area contributed by atoms with Gasteiger partial charge in [0.25, 0.3) is 0 Å². The molecule has 1 aromatic carbocycles. The van der Waals surface area contributed by atoms with E-state index in [1.807, 2.05) is 0 Å². The lowest BCUT2D eigenvalue weighted by molar-refractivity contribution is 0.228. The van der Waals surface area contributed by atoms with Gasteiger partial charge in [-0.05, 0) is 36.0 Å². The van der Waals surface area contributed by atoms with Crippen LogP contribution in [0.1, 0.15) is 36.5 Å². The molecule has 1 heterocycles. The Bertz CT molecular complexity index is 496. The van der Waals surface area contributed by atoms with Crippen LogP contribution in [0.4, 0.5) is 0 Å². The predicted octanol–water partition coefficient (Wildman–Crippen LogP) is 2.85. The highest BCUT2D eigenvalue weighted by molar-refractivity contribution is 5.86. The zero-order valence-electron chi connectivity index (χ0n) is 11.6. The first-order valence-electron chi connectivity index (χ1n) is 7.30. The lowest BCUT2D eigenvalue weighted by atomic mass is 9.97. The monoisotopic (exact) mass is 258 g/mol. The molecule has 1 fully saturated rings. The SMILES string of the molecule is CC1CN(Cc2ccc3c(c2)CCC3)CC/C1=N\O. The van der Waals surface area contributed by atoms with Crippen molar-refractivity contribution in [3.63, 3.8) is 0 Å². The molecular weight excluding hydrogens is 236 g/mol. The molecule has 2 aliphatic rings. The summed E-state index contributed by atoms with van der Waals surface area (Å²) in [5.74, 6) is 0.369. The number of nitrogens with zero attached hydrogens (tertiary/aromatic N) is 2. The lowest BCUT2D eigenvalue weighted by Crippen LogP contribution is -2.39. The topological polar surface area (TPSA) is 35.8 Å². The second-order valence-corrected chi connectivity index (χ2v) is 5.93. The number of hydrogen-bond donors (Lipinski definition) is 1. The normalized spacial score (nSPS) is 25.7. The van der Waals surface area contributed by atoms with Crippen molar-refractivity contribution in [2.75, 3.05) is 13.1 Å². The quantitative estimate of drug-likeness (QED) is 0.654. The van der Waals surface area contributed by atoms with Crippen LogP contribution >= 0.6 is 0 Å². The van der Waals surface area contributed by atoms with Crippen LogP contribution in [0.3, 0.4) is 0 Å². The van der Waals surface area contributed by atoms with E-state index in [2.05, 4.69) is 35.2 Å². The van der Waals surface area contributed by atoms with Crippen molar-refractivity contribution in [2.24, 2.45) is 11.1 Å². The van der Waals surface area contributed by atoms with Crippen LogP contribution in [0.15, 0.2) is 23.4 Å². The van der Waals surface area contributed by atoms with Crippen molar-refractivity contribution in [2.45, 2.75) is 39.2 Å². The third kappa shape index (κ3) is 2.66. The van der Waals surface area contributed by atoms with Gasteiger partial charge in [0.2, 0.25) is 0 Å². The Balaban J connectivity index is 1.66. The van der Waals surface area contributed by atoms with Gasteiger partial charge in [0.05, 0.1) is 5.71 Å². The Hall–Kier alpha value is -1.35. The highest BCUT2D eigenvalue weighted by atomic mass is 16.4. The van der Waals surface area contributed by atoms with Gasteiger partial charge in [0.15, 0.2) is 0 Å². The molecule has 0 amide bonds. The number of fused-ring (bicyclic) bond motifs is 1. The summed E-state index contributed by atoms with van der Waals surface area (Å²) in [5, 5.41) is 12.3. The third-order valence-corrected chi connectivity index (χ3v) is 4.48. The first kappa shape index (κ1) is 12.7. The highest BCUT2D eigenvalue weighted by Gasteiger charge is 2.22. The average Bonchev–Trinajstić information content (AvgIpc) is 2.86. The fourth-order valence-electron chi connectivity index (χ4n) is 3.38. The van der Waals surface area contributed by atoms with Gasteiger partial charge in [-0.3, -0.25) is 4.90 Å². The largest absolute Gasteiger partial charge is 0.411 e. The highest BCUT2D eigenvalue weighted by Crippen LogP contribution is 2.24. The second kappa shape index (κ2) is 5.33. The minimum absolute atomic E-state index is 0.369. The van der Waals surface area contributed by atoms with E-state index in [0.29, 0.717) is 5.92 Å². The second-order valence-electron chi connectivity index (χ2n) is 5.93. The Morgan fingerprint density at radius 2 is 2.11 bits per heavy atom. The van der Waals surface area contributed by atoms with Crippen molar-refractivity contribution in [1.29, 1.82) is 0 Å². The molecule has 3 rings (SSSR count). The van der Waals surface area contributed by atoms with Crippen LogP contribution < -0.4 is 0 Å². The van der Waals surface area contributed by atoms with Gasteiger partial charge in [0, 0.05) is 32.0 Å². The molecule has 0 aromatic heterocycles. The maximum Gasteiger partial charge on any atom is 0.0624 e.